The third kappa shape index (κ3) is 6.12. The average molecular weight is 433 g/mol. The molecule has 4 N–H and O–H groups in total. The van der Waals surface area contributed by atoms with Crippen LogP contribution in [0.25, 0.3) is 0 Å². The molecule has 1 aliphatic carbocycles. The number of aromatic nitrogens is 3. The molecule has 0 spiro atoms. The first-order valence-electron chi connectivity index (χ1n) is 10.1. The number of nitrogens with zero attached hydrogens (tertiary/aromatic N) is 3. The first-order valence-corrected chi connectivity index (χ1v) is 11.1. The number of nitrogens with two attached hydrogens (primary N) is 1. The monoisotopic (exact) mass is 432 g/mol. The van der Waals surface area contributed by atoms with Crippen molar-refractivity contribution in [2.24, 2.45) is 0 Å². The van der Waals surface area contributed by atoms with Crippen molar-refractivity contribution in [1.29, 1.82) is 0 Å². The molecule has 1 saturated carbocycles. The highest BCUT2D eigenvalue weighted by atomic mass is 32.2. The third-order valence-corrected chi connectivity index (χ3v) is 5.87. The van der Waals surface area contributed by atoms with Crippen molar-refractivity contribution in [3.8, 4) is 5.75 Å². The van der Waals surface area contributed by atoms with Crippen molar-refractivity contribution in [3.05, 3.63) is 35.7 Å². The molecule has 1 aromatic carbocycles. The molecule has 1 heterocycles. The van der Waals surface area contributed by atoms with E-state index in [1.165, 1.54) is 10.2 Å². The minimum Gasteiger partial charge on any atom is -0.486 e. The number of carbonyl (C=O) groups excluding carboxylic acids is 2. The van der Waals surface area contributed by atoms with Crippen LogP contribution in [0.2, 0.25) is 0 Å². The van der Waals surface area contributed by atoms with Crippen LogP contribution in [-0.4, -0.2) is 38.6 Å². The van der Waals surface area contributed by atoms with E-state index in [0.717, 1.165) is 37.4 Å². The molecule has 10 heteroatoms. The lowest BCUT2D eigenvalue weighted by Gasteiger charge is -2.12. The summed E-state index contributed by atoms with van der Waals surface area (Å²) in [5.41, 5.74) is 1.23. The Labute approximate surface area is 180 Å². The van der Waals surface area contributed by atoms with Gasteiger partial charge in [-0.25, -0.2) is 9.47 Å². The summed E-state index contributed by atoms with van der Waals surface area (Å²) in [4.78, 5) is 23.8. The van der Waals surface area contributed by atoms with Crippen molar-refractivity contribution in [3.63, 3.8) is 0 Å². The zero-order valence-electron chi connectivity index (χ0n) is 17.3. The first-order chi connectivity index (χ1) is 14.4. The SMILES string of the molecule is CC(C)c1ccc(OCc2nnc(SCC(=O)NC(=O)NC3CCCC3)n2N)cc1. The number of hydrogen-bond acceptors (Lipinski definition) is 7. The number of thioether (sulfide) groups is 1. The molecule has 3 amide bonds. The molecule has 2 aromatic rings. The Morgan fingerprint density at radius 2 is 1.93 bits per heavy atom. The number of benzene rings is 1. The summed E-state index contributed by atoms with van der Waals surface area (Å²) in [7, 11) is 0. The summed E-state index contributed by atoms with van der Waals surface area (Å²) >= 11 is 1.10. The maximum Gasteiger partial charge on any atom is 0.321 e. The Morgan fingerprint density at radius 3 is 2.60 bits per heavy atom. The number of urea groups is 1. The molecule has 9 nitrogen and oxygen atoms in total. The normalized spacial score (nSPS) is 14.1. The minimum atomic E-state index is -0.459. The lowest BCUT2D eigenvalue weighted by molar-refractivity contribution is -0.117. The maximum absolute atomic E-state index is 12.0. The van der Waals surface area contributed by atoms with E-state index >= 15 is 0 Å². The molecule has 0 unspecified atom stereocenters. The van der Waals surface area contributed by atoms with Gasteiger partial charge in [0.05, 0.1) is 5.75 Å². The minimum absolute atomic E-state index is 0.00490. The van der Waals surface area contributed by atoms with Crippen molar-refractivity contribution >= 4 is 23.7 Å². The molecule has 3 rings (SSSR count). The van der Waals surface area contributed by atoms with Gasteiger partial charge in [-0.05, 0) is 36.5 Å². The van der Waals surface area contributed by atoms with Crippen LogP contribution in [0.5, 0.6) is 5.75 Å². The van der Waals surface area contributed by atoms with Crippen LogP contribution in [0, 0.1) is 0 Å². The molecule has 0 aliphatic heterocycles. The van der Waals surface area contributed by atoms with E-state index in [9.17, 15) is 9.59 Å². The molecule has 162 valence electrons. The van der Waals surface area contributed by atoms with Gasteiger partial charge in [-0.1, -0.05) is 50.6 Å². The molecular formula is C20H28N6O3S. The zero-order chi connectivity index (χ0) is 21.5. The zero-order valence-corrected chi connectivity index (χ0v) is 18.1. The number of nitrogens with one attached hydrogen (secondary N) is 2. The van der Waals surface area contributed by atoms with Crippen LogP contribution in [0.15, 0.2) is 29.4 Å². The van der Waals surface area contributed by atoms with Gasteiger partial charge in [0, 0.05) is 6.04 Å². The van der Waals surface area contributed by atoms with Gasteiger partial charge in [-0.2, -0.15) is 0 Å². The predicted molar refractivity (Wildman–Crippen MR) is 115 cm³/mol. The van der Waals surface area contributed by atoms with E-state index < -0.39 is 11.9 Å². The number of ether oxygens (including phenoxy) is 1. The van der Waals surface area contributed by atoms with Crippen molar-refractivity contribution < 1.29 is 14.3 Å². The number of hydrogen-bond donors (Lipinski definition) is 3. The topological polar surface area (TPSA) is 124 Å². The van der Waals surface area contributed by atoms with Crippen molar-refractivity contribution in [1.82, 2.24) is 25.5 Å². The van der Waals surface area contributed by atoms with Crippen LogP contribution in [-0.2, 0) is 11.4 Å². The van der Waals surface area contributed by atoms with Crippen LogP contribution in [0.4, 0.5) is 4.79 Å². The summed E-state index contributed by atoms with van der Waals surface area (Å²) < 4.78 is 7.01. The van der Waals surface area contributed by atoms with E-state index in [0.29, 0.717) is 22.6 Å². The maximum atomic E-state index is 12.0. The molecule has 0 bridgehead atoms. The van der Waals surface area contributed by atoms with Crippen LogP contribution in [0.1, 0.15) is 56.8 Å². The Balaban J connectivity index is 1.44. The number of rotatable bonds is 8. The van der Waals surface area contributed by atoms with Gasteiger partial charge in [0.1, 0.15) is 12.4 Å². The first kappa shape index (κ1) is 21.9. The average Bonchev–Trinajstić information content (AvgIpc) is 3.34. The van der Waals surface area contributed by atoms with E-state index in [-0.39, 0.29) is 18.4 Å². The lowest BCUT2D eigenvalue weighted by Crippen LogP contribution is -2.44. The summed E-state index contributed by atoms with van der Waals surface area (Å²) in [6.07, 6.45) is 4.13. The molecule has 0 radical (unpaired) electrons. The van der Waals surface area contributed by atoms with Crippen LogP contribution < -0.4 is 21.2 Å². The second-order valence-corrected chi connectivity index (χ2v) is 8.52. The fraction of sp³-hybridized carbons (Fsp3) is 0.500. The van der Waals surface area contributed by atoms with E-state index in [4.69, 9.17) is 10.6 Å². The quantitative estimate of drug-likeness (QED) is 0.432. The van der Waals surface area contributed by atoms with Crippen LogP contribution >= 0.6 is 11.8 Å². The number of amides is 3. The number of carbonyl (C=O) groups is 2. The smallest absolute Gasteiger partial charge is 0.321 e. The van der Waals surface area contributed by atoms with Gasteiger partial charge in [0.25, 0.3) is 0 Å². The lowest BCUT2D eigenvalue weighted by atomic mass is 10.0. The molecule has 1 fully saturated rings. The highest BCUT2D eigenvalue weighted by molar-refractivity contribution is 7.99. The van der Waals surface area contributed by atoms with E-state index in [1.54, 1.807) is 0 Å². The van der Waals surface area contributed by atoms with E-state index in [1.807, 2.05) is 24.3 Å². The van der Waals surface area contributed by atoms with Gasteiger partial charge in [-0.3, -0.25) is 10.1 Å². The molecule has 0 saturated heterocycles. The Hall–Kier alpha value is -2.75. The van der Waals surface area contributed by atoms with Gasteiger partial charge < -0.3 is 15.9 Å². The highest BCUT2D eigenvalue weighted by Crippen LogP contribution is 2.20. The number of imide groups is 1. The Kier molecular flexibility index (Phi) is 7.56. The van der Waals surface area contributed by atoms with E-state index in [2.05, 4.69) is 34.7 Å². The fourth-order valence-corrected chi connectivity index (χ4v) is 3.86. The molecular weight excluding hydrogens is 404 g/mol. The Bertz CT molecular complexity index is 862. The molecule has 0 atom stereocenters. The third-order valence-electron chi connectivity index (χ3n) is 4.93. The highest BCUT2D eigenvalue weighted by Gasteiger charge is 2.19. The van der Waals surface area contributed by atoms with Crippen molar-refractivity contribution in [2.75, 3.05) is 11.6 Å². The molecule has 1 aliphatic rings. The van der Waals surface area contributed by atoms with Crippen molar-refractivity contribution in [2.45, 2.75) is 63.3 Å². The second kappa shape index (κ2) is 10.3. The van der Waals surface area contributed by atoms with Gasteiger partial charge >= 0.3 is 6.03 Å². The van der Waals surface area contributed by atoms with Gasteiger partial charge in [-0.15, -0.1) is 10.2 Å². The Morgan fingerprint density at radius 1 is 1.23 bits per heavy atom. The second-order valence-electron chi connectivity index (χ2n) is 7.57. The number of nitrogen functional groups attached to an aromatic ring is 1. The fourth-order valence-electron chi connectivity index (χ4n) is 3.19. The predicted octanol–water partition coefficient (Wildman–Crippen LogP) is 2.55. The summed E-state index contributed by atoms with van der Waals surface area (Å²) in [6.45, 7) is 4.42. The molecule has 30 heavy (non-hydrogen) atoms. The van der Waals surface area contributed by atoms with Crippen LogP contribution in [0.3, 0.4) is 0 Å². The summed E-state index contributed by atoms with van der Waals surface area (Å²) in [6, 6.07) is 7.55. The molecule has 1 aromatic heterocycles. The summed E-state index contributed by atoms with van der Waals surface area (Å²) in [5, 5.41) is 13.5. The van der Waals surface area contributed by atoms with Gasteiger partial charge in [0.15, 0.2) is 5.82 Å². The summed E-state index contributed by atoms with van der Waals surface area (Å²) in [5.74, 6) is 7.20. The standard InChI is InChI=1S/C20H28N6O3S/c1-13(2)14-7-9-16(10-8-14)29-11-17-24-25-20(26(17)21)30-12-18(27)23-19(28)22-15-5-3-4-6-15/h7-10,13,15H,3-6,11-12,21H2,1-2H3,(H2,22,23,27,28). The largest absolute Gasteiger partial charge is 0.486 e. The van der Waals surface area contributed by atoms with Gasteiger partial charge in [0.2, 0.25) is 11.1 Å².